The third kappa shape index (κ3) is 4.02. The Morgan fingerprint density at radius 2 is 1.88 bits per heavy atom. The van der Waals surface area contributed by atoms with Gasteiger partial charge in [-0.3, -0.25) is 9.59 Å². The van der Waals surface area contributed by atoms with Gasteiger partial charge in [0.05, 0.1) is 10.9 Å². The van der Waals surface area contributed by atoms with E-state index in [0.29, 0.717) is 28.3 Å². The average Bonchev–Trinajstić information content (AvgIpc) is 3.35. The molecule has 2 aromatic carbocycles. The van der Waals surface area contributed by atoms with Crippen molar-refractivity contribution in [2.45, 2.75) is 38.4 Å². The van der Waals surface area contributed by atoms with Crippen LogP contribution in [0, 0.1) is 5.41 Å². The van der Waals surface area contributed by atoms with Gasteiger partial charge in [0, 0.05) is 11.4 Å². The minimum absolute atomic E-state index is 0.0312. The Hall–Kier alpha value is -4.31. The summed E-state index contributed by atoms with van der Waals surface area (Å²) in [7, 11) is 0. The Balaban J connectivity index is 1.24. The third-order valence-corrected chi connectivity index (χ3v) is 8.70. The van der Waals surface area contributed by atoms with Crippen molar-refractivity contribution >= 4 is 61.3 Å². The second-order valence-corrected chi connectivity index (χ2v) is 11.7. The number of hydrogen-bond donors (Lipinski definition) is 2. The van der Waals surface area contributed by atoms with Crippen LogP contribution in [0.1, 0.15) is 19.8 Å². The van der Waals surface area contributed by atoms with Crippen LogP contribution in [0.2, 0.25) is 0 Å². The first-order chi connectivity index (χ1) is 19.3. The normalized spacial score (nSPS) is 21.5. The van der Waals surface area contributed by atoms with Crippen LogP contribution in [-0.2, 0) is 16.1 Å². The fraction of sp³-hybridized carbons (Fsp3) is 0.233. The third-order valence-electron chi connectivity index (χ3n) is 8.26. The predicted molar refractivity (Wildman–Crippen MR) is 157 cm³/mol. The highest BCUT2D eigenvalue weighted by atomic mass is 79.9. The Morgan fingerprint density at radius 3 is 2.67 bits per heavy atom. The van der Waals surface area contributed by atoms with Crippen LogP contribution in [0.25, 0.3) is 33.1 Å². The zero-order chi connectivity index (χ0) is 27.6. The van der Waals surface area contributed by atoms with Crippen molar-refractivity contribution in [1.82, 2.24) is 24.4 Å². The number of fused-ring (bicyclic) bond motifs is 4. The van der Waals surface area contributed by atoms with Crippen molar-refractivity contribution in [2.75, 3.05) is 11.1 Å². The number of likely N-dealkylation sites (tertiary alicyclic amines) is 1. The lowest BCUT2D eigenvalue weighted by molar-refractivity contribution is -0.138. The molecule has 3 aromatic heterocycles. The standard InChI is InChI=1S/C30H26BrN7O2/c1-30-13-21(29(40)36-24-9-5-8-23(31)35-24)38(22(30)14-30)25(39)15-37-20-11-10-18(17-6-3-2-4-7-17)12-19(20)26-27(32)33-16-34-28(26)37/h2-12,16,21-22H,13-15H2,1H3,(H2,32,33,34)(H,35,36,40)/t21-,22+,30-/m0/s1. The Morgan fingerprint density at radius 1 is 1.05 bits per heavy atom. The number of amides is 2. The number of nitrogens with two attached hydrogens (primary N) is 1. The highest BCUT2D eigenvalue weighted by Gasteiger charge is 2.64. The molecule has 9 nitrogen and oxygen atoms in total. The van der Waals surface area contributed by atoms with Crippen LogP contribution in [0.4, 0.5) is 11.6 Å². The van der Waals surface area contributed by atoms with Crippen molar-refractivity contribution < 1.29 is 9.59 Å². The average molecular weight is 596 g/mol. The van der Waals surface area contributed by atoms with Crippen molar-refractivity contribution in [3.8, 4) is 11.1 Å². The minimum Gasteiger partial charge on any atom is -0.383 e. The van der Waals surface area contributed by atoms with E-state index in [9.17, 15) is 9.59 Å². The summed E-state index contributed by atoms with van der Waals surface area (Å²) in [6.45, 7) is 2.18. The molecular formula is C30H26BrN7O2. The number of nitrogens with zero attached hydrogens (tertiary/aromatic N) is 5. The number of nitrogen functional groups attached to an aromatic ring is 1. The first-order valence-electron chi connectivity index (χ1n) is 13.1. The molecule has 200 valence electrons. The monoisotopic (exact) mass is 595 g/mol. The fourth-order valence-corrected chi connectivity index (χ4v) is 6.52. The number of halogens is 1. The number of rotatable bonds is 5. The van der Waals surface area contributed by atoms with Crippen molar-refractivity contribution in [3.63, 3.8) is 0 Å². The van der Waals surface area contributed by atoms with E-state index in [1.165, 1.54) is 6.33 Å². The number of pyridine rings is 1. The quantitative estimate of drug-likeness (QED) is 0.276. The number of piperidine rings is 1. The molecule has 3 atom stereocenters. The van der Waals surface area contributed by atoms with Gasteiger partial charge >= 0.3 is 0 Å². The fourth-order valence-electron chi connectivity index (χ4n) is 6.17. The molecule has 5 aromatic rings. The van der Waals surface area contributed by atoms with Gasteiger partial charge in [0.25, 0.3) is 0 Å². The van der Waals surface area contributed by atoms with Crippen molar-refractivity contribution in [1.29, 1.82) is 0 Å². The summed E-state index contributed by atoms with van der Waals surface area (Å²) in [6, 6.07) is 21.0. The maximum atomic E-state index is 14.0. The van der Waals surface area contributed by atoms with E-state index < -0.39 is 6.04 Å². The molecule has 40 heavy (non-hydrogen) atoms. The number of carbonyl (C=O) groups is 2. The number of anilines is 2. The molecule has 0 unspecified atom stereocenters. The molecule has 1 saturated heterocycles. The van der Waals surface area contributed by atoms with Crippen LogP contribution >= 0.6 is 15.9 Å². The van der Waals surface area contributed by atoms with E-state index in [4.69, 9.17) is 5.73 Å². The first kappa shape index (κ1) is 24.7. The van der Waals surface area contributed by atoms with Crippen molar-refractivity contribution in [3.05, 3.63) is 77.7 Å². The maximum Gasteiger partial charge on any atom is 0.248 e. The Labute approximate surface area is 238 Å². The van der Waals surface area contributed by atoms with Crippen LogP contribution in [0.15, 0.2) is 77.7 Å². The molecule has 1 saturated carbocycles. The molecule has 2 aliphatic rings. The Bertz CT molecular complexity index is 1820. The number of nitrogens with one attached hydrogen (secondary N) is 1. The molecule has 3 N–H and O–H groups in total. The van der Waals surface area contributed by atoms with E-state index in [2.05, 4.69) is 61.3 Å². The molecule has 0 spiro atoms. The predicted octanol–water partition coefficient (Wildman–Crippen LogP) is 5.01. The van der Waals surface area contributed by atoms with Gasteiger partial charge in [-0.05, 0) is 69.6 Å². The van der Waals surface area contributed by atoms with E-state index in [1.54, 1.807) is 17.0 Å². The van der Waals surface area contributed by atoms with Crippen molar-refractivity contribution in [2.24, 2.45) is 5.41 Å². The molecule has 4 heterocycles. The number of aromatic nitrogens is 4. The number of carbonyl (C=O) groups excluding carboxylic acids is 2. The van der Waals surface area contributed by atoms with Gasteiger partial charge in [-0.15, -0.1) is 0 Å². The second kappa shape index (κ2) is 9.12. The SMILES string of the molecule is C[C@@]12C[C@@H](C(=O)Nc3cccc(Br)n3)N(C(=O)Cn3c4ccc(-c5ccccc5)cc4c4c(N)ncnc43)[C@@H]1C2. The molecule has 1 aliphatic carbocycles. The summed E-state index contributed by atoms with van der Waals surface area (Å²) in [5, 5.41) is 4.50. The lowest BCUT2D eigenvalue weighted by atomic mass is 10.0. The van der Waals surface area contributed by atoms with Crippen LogP contribution in [-0.4, -0.2) is 48.3 Å². The number of benzene rings is 2. The number of hydrogen-bond acceptors (Lipinski definition) is 6. The molecule has 2 amide bonds. The topological polar surface area (TPSA) is 119 Å². The summed E-state index contributed by atoms with van der Waals surface area (Å²) >= 11 is 3.34. The molecule has 7 rings (SSSR count). The van der Waals surface area contributed by atoms with Crippen LogP contribution < -0.4 is 11.1 Å². The zero-order valence-corrected chi connectivity index (χ0v) is 23.3. The highest BCUT2D eigenvalue weighted by molar-refractivity contribution is 9.10. The minimum atomic E-state index is -0.575. The van der Waals surface area contributed by atoms with Gasteiger partial charge in [0.1, 0.15) is 40.8 Å². The van der Waals surface area contributed by atoms with Gasteiger partial charge in [0.15, 0.2) is 0 Å². The summed E-state index contributed by atoms with van der Waals surface area (Å²) in [5.74, 6) is 0.452. The van der Waals surface area contributed by atoms with E-state index in [1.807, 2.05) is 41.0 Å². The molecule has 1 aliphatic heterocycles. The molecule has 10 heteroatoms. The van der Waals surface area contributed by atoms with Crippen LogP contribution in [0.3, 0.4) is 0 Å². The van der Waals surface area contributed by atoms with E-state index in [-0.39, 0.29) is 29.8 Å². The molecular weight excluding hydrogens is 570 g/mol. The highest BCUT2D eigenvalue weighted by Crippen LogP contribution is 2.59. The van der Waals surface area contributed by atoms with E-state index in [0.717, 1.165) is 33.8 Å². The second-order valence-electron chi connectivity index (χ2n) is 10.9. The lowest BCUT2D eigenvalue weighted by Gasteiger charge is -2.27. The van der Waals surface area contributed by atoms with Gasteiger partial charge < -0.3 is 20.5 Å². The summed E-state index contributed by atoms with van der Waals surface area (Å²) in [4.78, 5) is 42.2. The Kier molecular flexibility index (Phi) is 5.64. The largest absolute Gasteiger partial charge is 0.383 e. The smallest absolute Gasteiger partial charge is 0.248 e. The summed E-state index contributed by atoms with van der Waals surface area (Å²) < 4.78 is 2.52. The first-order valence-corrected chi connectivity index (χ1v) is 13.9. The maximum absolute atomic E-state index is 14.0. The van der Waals surface area contributed by atoms with Gasteiger partial charge in [0.2, 0.25) is 11.8 Å². The van der Waals surface area contributed by atoms with Gasteiger partial charge in [-0.2, -0.15) is 0 Å². The molecule has 2 fully saturated rings. The van der Waals surface area contributed by atoms with Gasteiger partial charge in [-0.25, -0.2) is 15.0 Å². The molecule has 0 radical (unpaired) electrons. The van der Waals surface area contributed by atoms with E-state index >= 15 is 0 Å². The summed E-state index contributed by atoms with van der Waals surface area (Å²) in [6.07, 6.45) is 2.93. The lowest BCUT2D eigenvalue weighted by Crippen LogP contribution is -2.46. The van der Waals surface area contributed by atoms with Crippen LogP contribution in [0.5, 0.6) is 0 Å². The van der Waals surface area contributed by atoms with Gasteiger partial charge in [-0.1, -0.05) is 49.4 Å². The summed E-state index contributed by atoms with van der Waals surface area (Å²) in [5.41, 5.74) is 9.84. The molecule has 0 bridgehead atoms. The zero-order valence-electron chi connectivity index (χ0n) is 21.7.